The van der Waals surface area contributed by atoms with Crippen molar-refractivity contribution in [3.63, 3.8) is 0 Å². The van der Waals surface area contributed by atoms with Gasteiger partial charge >= 0.3 is 0 Å². The first-order valence-corrected chi connectivity index (χ1v) is 4.81. The summed E-state index contributed by atoms with van der Waals surface area (Å²) in [6.07, 6.45) is 2.55. The predicted octanol–water partition coefficient (Wildman–Crippen LogP) is 0.595. The van der Waals surface area contributed by atoms with Crippen molar-refractivity contribution in [1.29, 1.82) is 0 Å². The SMILES string of the molecule is CNCc1ncnn1C(C)CCOC. The molecule has 1 aromatic rings. The second kappa shape index (κ2) is 5.72. The topological polar surface area (TPSA) is 52.0 Å². The van der Waals surface area contributed by atoms with Gasteiger partial charge in [-0.2, -0.15) is 5.10 Å². The fourth-order valence-electron chi connectivity index (χ4n) is 1.34. The van der Waals surface area contributed by atoms with E-state index in [1.165, 1.54) is 0 Å². The summed E-state index contributed by atoms with van der Waals surface area (Å²) in [4.78, 5) is 4.18. The van der Waals surface area contributed by atoms with E-state index in [0.717, 1.165) is 25.4 Å². The molecule has 0 saturated heterocycles. The van der Waals surface area contributed by atoms with Gasteiger partial charge in [0, 0.05) is 13.7 Å². The van der Waals surface area contributed by atoms with Crippen molar-refractivity contribution in [2.24, 2.45) is 0 Å². The third kappa shape index (κ3) is 2.78. The van der Waals surface area contributed by atoms with Crippen molar-refractivity contribution < 1.29 is 4.74 Å². The van der Waals surface area contributed by atoms with Crippen LogP contribution in [0.25, 0.3) is 0 Å². The van der Waals surface area contributed by atoms with Crippen LogP contribution in [-0.2, 0) is 11.3 Å². The van der Waals surface area contributed by atoms with Crippen LogP contribution in [0, 0.1) is 0 Å². The quantitative estimate of drug-likeness (QED) is 0.727. The van der Waals surface area contributed by atoms with E-state index in [4.69, 9.17) is 4.74 Å². The molecule has 0 aliphatic carbocycles. The van der Waals surface area contributed by atoms with Crippen LogP contribution in [0.15, 0.2) is 6.33 Å². The van der Waals surface area contributed by atoms with Crippen molar-refractivity contribution in [2.45, 2.75) is 25.9 Å². The molecule has 1 atom stereocenters. The van der Waals surface area contributed by atoms with Crippen LogP contribution in [0.5, 0.6) is 0 Å². The number of ether oxygens (including phenoxy) is 1. The van der Waals surface area contributed by atoms with Crippen LogP contribution in [0.4, 0.5) is 0 Å². The molecule has 0 fully saturated rings. The highest BCUT2D eigenvalue weighted by atomic mass is 16.5. The van der Waals surface area contributed by atoms with Gasteiger partial charge in [-0.3, -0.25) is 0 Å². The highest BCUT2D eigenvalue weighted by Gasteiger charge is 2.10. The molecule has 80 valence electrons. The summed E-state index contributed by atoms with van der Waals surface area (Å²) in [6.45, 7) is 3.62. The Morgan fingerprint density at radius 2 is 2.43 bits per heavy atom. The van der Waals surface area contributed by atoms with Crippen LogP contribution in [0.3, 0.4) is 0 Å². The Balaban J connectivity index is 2.58. The van der Waals surface area contributed by atoms with E-state index in [2.05, 4.69) is 22.3 Å². The Kier molecular flexibility index (Phi) is 4.55. The Labute approximate surface area is 84.5 Å². The molecule has 0 amide bonds. The van der Waals surface area contributed by atoms with Gasteiger partial charge in [-0.25, -0.2) is 9.67 Å². The first-order valence-electron chi connectivity index (χ1n) is 4.81. The van der Waals surface area contributed by atoms with Crippen LogP contribution < -0.4 is 5.32 Å². The van der Waals surface area contributed by atoms with E-state index in [9.17, 15) is 0 Å². The third-order valence-corrected chi connectivity index (χ3v) is 2.14. The minimum absolute atomic E-state index is 0.334. The maximum Gasteiger partial charge on any atom is 0.141 e. The Morgan fingerprint density at radius 1 is 1.64 bits per heavy atom. The summed E-state index contributed by atoms with van der Waals surface area (Å²) in [6, 6.07) is 0.334. The number of rotatable bonds is 6. The van der Waals surface area contributed by atoms with Crippen molar-refractivity contribution in [1.82, 2.24) is 20.1 Å². The minimum Gasteiger partial charge on any atom is -0.385 e. The molecule has 0 aromatic carbocycles. The highest BCUT2D eigenvalue weighted by Crippen LogP contribution is 2.10. The average Bonchev–Trinajstić information content (AvgIpc) is 2.63. The van der Waals surface area contributed by atoms with E-state index in [1.54, 1.807) is 13.4 Å². The summed E-state index contributed by atoms with van der Waals surface area (Å²) in [7, 11) is 3.61. The summed E-state index contributed by atoms with van der Waals surface area (Å²) in [5, 5.41) is 7.26. The Bertz CT molecular complexity index is 261. The molecule has 5 heteroatoms. The molecule has 1 unspecified atom stereocenters. The Hall–Kier alpha value is -0.940. The van der Waals surface area contributed by atoms with Gasteiger partial charge in [0.15, 0.2) is 0 Å². The maximum absolute atomic E-state index is 5.03. The first-order chi connectivity index (χ1) is 6.79. The molecule has 0 spiro atoms. The second-order valence-electron chi connectivity index (χ2n) is 3.28. The van der Waals surface area contributed by atoms with Gasteiger partial charge in [0.05, 0.1) is 12.6 Å². The van der Waals surface area contributed by atoms with Gasteiger partial charge in [-0.1, -0.05) is 0 Å². The molecule has 0 saturated carbocycles. The predicted molar refractivity (Wildman–Crippen MR) is 54.0 cm³/mol. The van der Waals surface area contributed by atoms with Crippen molar-refractivity contribution in [3.8, 4) is 0 Å². The Morgan fingerprint density at radius 3 is 3.07 bits per heavy atom. The van der Waals surface area contributed by atoms with Crippen molar-refractivity contribution >= 4 is 0 Å². The van der Waals surface area contributed by atoms with Crippen molar-refractivity contribution in [2.75, 3.05) is 20.8 Å². The number of nitrogens with zero attached hydrogens (tertiary/aromatic N) is 3. The molecule has 0 bridgehead atoms. The second-order valence-corrected chi connectivity index (χ2v) is 3.28. The lowest BCUT2D eigenvalue weighted by Gasteiger charge is -2.13. The molecule has 1 N–H and O–H groups in total. The van der Waals surface area contributed by atoms with Crippen LogP contribution >= 0.6 is 0 Å². The van der Waals surface area contributed by atoms with Gasteiger partial charge in [0.25, 0.3) is 0 Å². The highest BCUT2D eigenvalue weighted by molar-refractivity contribution is 4.85. The molecule has 1 aromatic heterocycles. The van der Waals surface area contributed by atoms with E-state index in [-0.39, 0.29) is 0 Å². The smallest absolute Gasteiger partial charge is 0.141 e. The summed E-state index contributed by atoms with van der Waals surface area (Å²) in [5.41, 5.74) is 0. The zero-order valence-corrected chi connectivity index (χ0v) is 9.03. The van der Waals surface area contributed by atoms with E-state index in [0.29, 0.717) is 6.04 Å². The normalized spacial score (nSPS) is 13.1. The lowest BCUT2D eigenvalue weighted by molar-refractivity contribution is 0.178. The molecular formula is C9H18N4O. The molecule has 1 heterocycles. The number of aromatic nitrogens is 3. The molecule has 14 heavy (non-hydrogen) atoms. The molecular weight excluding hydrogens is 180 g/mol. The third-order valence-electron chi connectivity index (χ3n) is 2.14. The van der Waals surface area contributed by atoms with Crippen LogP contribution in [0.1, 0.15) is 25.2 Å². The standard InChI is InChI=1S/C9H18N4O/c1-8(4-5-14-3)13-9(6-10-2)11-7-12-13/h7-8,10H,4-6H2,1-3H3. The molecule has 5 nitrogen and oxygen atoms in total. The number of hydrogen-bond donors (Lipinski definition) is 1. The lowest BCUT2D eigenvalue weighted by Crippen LogP contribution is -2.17. The summed E-state index contributed by atoms with van der Waals surface area (Å²) in [5.74, 6) is 0.969. The van der Waals surface area contributed by atoms with E-state index in [1.807, 2.05) is 11.7 Å². The zero-order valence-electron chi connectivity index (χ0n) is 9.03. The maximum atomic E-state index is 5.03. The number of methoxy groups -OCH3 is 1. The molecule has 0 aliphatic heterocycles. The molecule has 0 aliphatic rings. The zero-order chi connectivity index (χ0) is 10.4. The van der Waals surface area contributed by atoms with Crippen LogP contribution in [0.2, 0.25) is 0 Å². The van der Waals surface area contributed by atoms with Gasteiger partial charge in [-0.15, -0.1) is 0 Å². The van der Waals surface area contributed by atoms with Gasteiger partial charge < -0.3 is 10.1 Å². The summed E-state index contributed by atoms with van der Waals surface area (Å²) >= 11 is 0. The minimum atomic E-state index is 0.334. The van der Waals surface area contributed by atoms with Gasteiger partial charge in [0.2, 0.25) is 0 Å². The van der Waals surface area contributed by atoms with Crippen molar-refractivity contribution in [3.05, 3.63) is 12.2 Å². The van der Waals surface area contributed by atoms with E-state index >= 15 is 0 Å². The largest absolute Gasteiger partial charge is 0.385 e. The number of hydrogen-bond acceptors (Lipinski definition) is 4. The first kappa shape index (κ1) is 11.1. The van der Waals surface area contributed by atoms with Gasteiger partial charge in [0.1, 0.15) is 12.2 Å². The fourth-order valence-corrected chi connectivity index (χ4v) is 1.34. The average molecular weight is 198 g/mol. The van der Waals surface area contributed by atoms with Crippen LogP contribution in [-0.4, -0.2) is 35.5 Å². The lowest BCUT2D eigenvalue weighted by atomic mass is 10.2. The van der Waals surface area contributed by atoms with E-state index < -0.39 is 0 Å². The molecule has 0 radical (unpaired) electrons. The summed E-state index contributed by atoms with van der Waals surface area (Å²) < 4.78 is 6.97. The molecule has 1 rings (SSSR count). The number of nitrogens with one attached hydrogen (secondary N) is 1. The monoisotopic (exact) mass is 198 g/mol. The fraction of sp³-hybridized carbons (Fsp3) is 0.778. The van der Waals surface area contributed by atoms with Gasteiger partial charge in [-0.05, 0) is 20.4 Å².